The van der Waals surface area contributed by atoms with Gasteiger partial charge in [-0.15, -0.1) is 0 Å². The van der Waals surface area contributed by atoms with Crippen molar-refractivity contribution in [3.05, 3.63) is 29.8 Å². The van der Waals surface area contributed by atoms with E-state index in [2.05, 4.69) is 5.32 Å². The molecule has 126 valence electrons. The SMILES string of the molecule is CC(C)[C@H](N)C(=O)Nc1ccc(CCC(=O)N2CCCC2)cc1. The highest BCUT2D eigenvalue weighted by atomic mass is 16.2. The lowest BCUT2D eigenvalue weighted by atomic mass is 10.0. The van der Waals surface area contributed by atoms with Crippen LogP contribution >= 0.6 is 0 Å². The third-order valence-corrected chi connectivity index (χ3v) is 4.33. The second-order valence-electron chi connectivity index (χ2n) is 6.54. The smallest absolute Gasteiger partial charge is 0.241 e. The van der Waals surface area contributed by atoms with Crippen LogP contribution in [-0.4, -0.2) is 35.8 Å². The summed E-state index contributed by atoms with van der Waals surface area (Å²) in [6.07, 6.45) is 3.52. The van der Waals surface area contributed by atoms with Crippen LogP contribution in [0.1, 0.15) is 38.7 Å². The van der Waals surface area contributed by atoms with Crippen molar-refractivity contribution in [3.8, 4) is 0 Å². The van der Waals surface area contributed by atoms with Crippen LogP contribution in [0.15, 0.2) is 24.3 Å². The van der Waals surface area contributed by atoms with Crippen LogP contribution in [0.3, 0.4) is 0 Å². The van der Waals surface area contributed by atoms with E-state index in [-0.39, 0.29) is 17.7 Å². The highest BCUT2D eigenvalue weighted by Crippen LogP contribution is 2.14. The number of carbonyl (C=O) groups is 2. The molecule has 0 aromatic heterocycles. The summed E-state index contributed by atoms with van der Waals surface area (Å²) < 4.78 is 0. The molecule has 3 N–H and O–H groups in total. The number of amides is 2. The molecule has 1 aromatic carbocycles. The van der Waals surface area contributed by atoms with Gasteiger partial charge >= 0.3 is 0 Å². The zero-order valence-corrected chi connectivity index (χ0v) is 14.0. The molecular weight excluding hydrogens is 290 g/mol. The van der Waals surface area contributed by atoms with E-state index in [4.69, 9.17) is 5.73 Å². The zero-order chi connectivity index (χ0) is 16.8. The number of anilines is 1. The normalized spacial score (nSPS) is 15.7. The van der Waals surface area contributed by atoms with Crippen molar-refractivity contribution in [2.75, 3.05) is 18.4 Å². The van der Waals surface area contributed by atoms with E-state index in [9.17, 15) is 9.59 Å². The Bertz CT molecular complexity index is 534. The first-order chi connectivity index (χ1) is 11.0. The van der Waals surface area contributed by atoms with Crippen LogP contribution in [0, 0.1) is 5.92 Å². The molecule has 0 saturated carbocycles. The van der Waals surface area contributed by atoms with Gasteiger partial charge in [-0.2, -0.15) is 0 Å². The molecule has 5 heteroatoms. The van der Waals surface area contributed by atoms with Gasteiger partial charge in [-0.1, -0.05) is 26.0 Å². The molecule has 0 aliphatic carbocycles. The topological polar surface area (TPSA) is 75.4 Å². The Hall–Kier alpha value is -1.88. The van der Waals surface area contributed by atoms with Crippen molar-refractivity contribution in [1.29, 1.82) is 0 Å². The molecule has 1 fully saturated rings. The number of hydrogen-bond donors (Lipinski definition) is 2. The molecule has 0 spiro atoms. The summed E-state index contributed by atoms with van der Waals surface area (Å²) >= 11 is 0. The van der Waals surface area contributed by atoms with Crippen LogP contribution in [0.2, 0.25) is 0 Å². The van der Waals surface area contributed by atoms with Crippen LogP contribution in [-0.2, 0) is 16.0 Å². The Morgan fingerprint density at radius 2 is 1.78 bits per heavy atom. The minimum Gasteiger partial charge on any atom is -0.343 e. The van der Waals surface area contributed by atoms with Crippen LogP contribution in [0.25, 0.3) is 0 Å². The van der Waals surface area contributed by atoms with Gasteiger partial charge in [0.05, 0.1) is 6.04 Å². The number of likely N-dealkylation sites (tertiary alicyclic amines) is 1. The summed E-state index contributed by atoms with van der Waals surface area (Å²) in [6.45, 7) is 5.65. The molecule has 0 radical (unpaired) electrons. The van der Waals surface area contributed by atoms with Gasteiger partial charge < -0.3 is 16.0 Å². The molecule has 2 amide bonds. The molecule has 0 bridgehead atoms. The van der Waals surface area contributed by atoms with E-state index >= 15 is 0 Å². The summed E-state index contributed by atoms with van der Waals surface area (Å²) in [5.74, 6) is 0.172. The third-order valence-electron chi connectivity index (χ3n) is 4.33. The van der Waals surface area contributed by atoms with Crippen molar-refractivity contribution in [2.24, 2.45) is 11.7 Å². The fourth-order valence-corrected chi connectivity index (χ4v) is 2.66. The maximum atomic E-state index is 12.0. The number of nitrogens with zero attached hydrogens (tertiary/aromatic N) is 1. The number of rotatable bonds is 6. The van der Waals surface area contributed by atoms with Crippen LogP contribution in [0.4, 0.5) is 5.69 Å². The molecule has 2 rings (SSSR count). The Labute approximate surface area is 138 Å². The van der Waals surface area contributed by atoms with E-state index in [0.29, 0.717) is 6.42 Å². The average Bonchev–Trinajstić information content (AvgIpc) is 3.07. The standard InChI is InChI=1S/C18H27N3O2/c1-13(2)17(19)18(23)20-15-8-5-14(6-9-15)7-10-16(22)21-11-3-4-12-21/h5-6,8-9,13,17H,3-4,7,10-12,19H2,1-2H3,(H,20,23)/t17-/m0/s1. The maximum Gasteiger partial charge on any atom is 0.241 e. The number of hydrogen-bond acceptors (Lipinski definition) is 3. The summed E-state index contributed by atoms with van der Waals surface area (Å²) in [7, 11) is 0. The molecular formula is C18H27N3O2. The van der Waals surface area contributed by atoms with Gasteiger partial charge in [0, 0.05) is 25.2 Å². The van der Waals surface area contributed by atoms with Crippen LogP contribution < -0.4 is 11.1 Å². The van der Waals surface area contributed by atoms with Crippen LogP contribution in [0.5, 0.6) is 0 Å². The molecule has 1 heterocycles. The molecule has 5 nitrogen and oxygen atoms in total. The lowest BCUT2D eigenvalue weighted by molar-refractivity contribution is -0.130. The number of nitrogens with one attached hydrogen (secondary N) is 1. The Morgan fingerprint density at radius 3 is 2.35 bits per heavy atom. The van der Waals surface area contributed by atoms with Crippen molar-refractivity contribution in [3.63, 3.8) is 0 Å². The quantitative estimate of drug-likeness (QED) is 0.844. The van der Waals surface area contributed by atoms with Gasteiger partial charge in [0.2, 0.25) is 11.8 Å². The monoisotopic (exact) mass is 317 g/mol. The second-order valence-corrected chi connectivity index (χ2v) is 6.54. The first-order valence-corrected chi connectivity index (χ1v) is 8.40. The molecule has 23 heavy (non-hydrogen) atoms. The van der Waals surface area contributed by atoms with Gasteiger partial charge in [-0.25, -0.2) is 0 Å². The molecule has 1 saturated heterocycles. The van der Waals surface area contributed by atoms with E-state index in [1.807, 2.05) is 43.0 Å². The molecule has 1 aromatic rings. The molecule has 0 unspecified atom stereocenters. The van der Waals surface area contributed by atoms with Crippen molar-refractivity contribution < 1.29 is 9.59 Å². The molecule has 1 aliphatic heterocycles. The van der Waals surface area contributed by atoms with E-state index in [1.54, 1.807) is 0 Å². The van der Waals surface area contributed by atoms with Crippen molar-refractivity contribution >= 4 is 17.5 Å². The summed E-state index contributed by atoms with van der Waals surface area (Å²) in [6, 6.07) is 7.12. The minimum atomic E-state index is -0.507. The van der Waals surface area contributed by atoms with E-state index < -0.39 is 6.04 Å². The number of benzene rings is 1. The van der Waals surface area contributed by atoms with E-state index in [1.165, 1.54) is 0 Å². The minimum absolute atomic E-state index is 0.103. The van der Waals surface area contributed by atoms with Gasteiger partial charge in [-0.3, -0.25) is 9.59 Å². The highest BCUT2D eigenvalue weighted by molar-refractivity contribution is 5.94. The number of nitrogens with two attached hydrogens (primary N) is 1. The largest absolute Gasteiger partial charge is 0.343 e. The predicted octanol–water partition coefficient (Wildman–Crippen LogP) is 2.16. The van der Waals surface area contributed by atoms with Gasteiger partial charge in [0.15, 0.2) is 0 Å². The first kappa shape index (κ1) is 17.5. The highest BCUT2D eigenvalue weighted by Gasteiger charge is 2.18. The van der Waals surface area contributed by atoms with Gasteiger partial charge in [-0.05, 0) is 42.9 Å². The summed E-state index contributed by atoms with van der Waals surface area (Å²) in [5.41, 5.74) is 7.66. The second kappa shape index (κ2) is 8.11. The van der Waals surface area contributed by atoms with E-state index in [0.717, 1.165) is 43.6 Å². The Kier molecular flexibility index (Phi) is 6.16. The predicted molar refractivity (Wildman–Crippen MR) is 92.0 cm³/mol. The summed E-state index contributed by atoms with van der Waals surface area (Å²) in [5, 5.41) is 2.82. The lowest BCUT2D eigenvalue weighted by Crippen LogP contribution is -2.39. The number of carbonyl (C=O) groups excluding carboxylic acids is 2. The maximum absolute atomic E-state index is 12.0. The average molecular weight is 317 g/mol. The molecule has 1 atom stereocenters. The summed E-state index contributed by atoms with van der Waals surface area (Å²) in [4.78, 5) is 25.9. The van der Waals surface area contributed by atoms with Gasteiger partial charge in [0.25, 0.3) is 0 Å². The number of aryl methyl sites for hydroxylation is 1. The van der Waals surface area contributed by atoms with Gasteiger partial charge in [0.1, 0.15) is 0 Å². The van der Waals surface area contributed by atoms with Crippen molar-refractivity contribution in [1.82, 2.24) is 4.90 Å². The fourth-order valence-electron chi connectivity index (χ4n) is 2.66. The first-order valence-electron chi connectivity index (χ1n) is 8.40. The van der Waals surface area contributed by atoms with Crippen molar-refractivity contribution in [2.45, 2.75) is 45.6 Å². The Morgan fingerprint density at radius 1 is 1.17 bits per heavy atom. The Balaban J connectivity index is 1.82. The molecule has 1 aliphatic rings. The fraction of sp³-hybridized carbons (Fsp3) is 0.556. The third kappa shape index (κ3) is 5.06. The lowest BCUT2D eigenvalue weighted by Gasteiger charge is -2.16. The zero-order valence-electron chi connectivity index (χ0n) is 14.0.